The van der Waals surface area contributed by atoms with E-state index in [1.807, 2.05) is 37.3 Å². The molecule has 0 aliphatic heterocycles. The second-order valence-corrected chi connectivity index (χ2v) is 4.00. The maximum absolute atomic E-state index is 11.4. The monoisotopic (exact) mass is 237 g/mol. The van der Waals surface area contributed by atoms with Crippen LogP contribution in [0.3, 0.4) is 0 Å². The largest absolute Gasteiger partial charge is 0.493 e. The van der Waals surface area contributed by atoms with Crippen LogP contribution in [-0.4, -0.2) is 30.8 Å². The number of aliphatic hydroxyl groups excluding tert-OH is 1. The molecule has 0 heterocycles. The van der Waals surface area contributed by atoms with E-state index >= 15 is 0 Å². The van der Waals surface area contributed by atoms with Crippen molar-refractivity contribution in [1.82, 2.24) is 5.32 Å². The summed E-state index contributed by atoms with van der Waals surface area (Å²) in [6.07, 6.45) is 0.326. The van der Waals surface area contributed by atoms with Crippen LogP contribution >= 0.6 is 0 Å². The van der Waals surface area contributed by atoms with Crippen LogP contribution in [0, 0.1) is 5.92 Å². The second kappa shape index (κ2) is 7.68. The van der Waals surface area contributed by atoms with Crippen LogP contribution in [0.25, 0.3) is 0 Å². The number of para-hydroxylation sites is 1. The first-order chi connectivity index (χ1) is 8.22. The highest BCUT2D eigenvalue weighted by Gasteiger charge is 2.04. The molecule has 0 saturated carbocycles. The van der Waals surface area contributed by atoms with Crippen molar-refractivity contribution in [2.75, 3.05) is 19.8 Å². The van der Waals surface area contributed by atoms with Crippen molar-refractivity contribution in [3.05, 3.63) is 30.3 Å². The Hall–Kier alpha value is -1.55. The van der Waals surface area contributed by atoms with E-state index in [-0.39, 0.29) is 18.4 Å². The summed E-state index contributed by atoms with van der Waals surface area (Å²) in [5.41, 5.74) is 0. The summed E-state index contributed by atoms with van der Waals surface area (Å²) < 4.78 is 5.40. The molecule has 0 spiro atoms. The van der Waals surface area contributed by atoms with Gasteiger partial charge in [0.05, 0.1) is 13.0 Å². The van der Waals surface area contributed by atoms with Crippen molar-refractivity contribution in [2.45, 2.75) is 13.3 Å². The molecule has 1 unspecified atom stereocenters. The van der Waals surface area contributed by atoms with Crippen molar-refractivity contribution in [2.24, 2.45) is 5.92 Å². The first-order valence-electron chi connectivity index (χ1n) is 5.77. The van der Waals surface area contributed by atoms with Crippen molar-refractivity contribution < 1.29 is 14.6 Å². The lowest BCUT2D eigenvalue weighted by molar-refractivity contribution is -0.121. The van der Waals surface area contributed by atoms with Gasteiger partial charge in [-0.2, -0.15) is 0 Å². The highest BCUT2D eigenvalue weighted by atomic mass is 16.5. The average Bonchev–Trinajstić information content (AvgIpc) is 2.37. The first kappa shape index (κ1) is 13.5. The van der Waals surface area contributed by atoms with Crippen LogP contribution in [0.2, 0.25) is 0 Å². The van der Waals surface area contributed by atoms with Crippen molar-refractivity contribution in [3.63, 3.8) is 0 Å². The number of hydrogen-bond donors (Lipinski definition) is 2. The van der Waals surface area contributed by atoms with Crippen molar-refractivity contribution in [1.29, 1.82) is 0 Å². The number of ether oxygens (including phenoxy) is 1. The summed E-state index contributed by atoms with van der Waals surface area (Å²) >= 11 is 0. The number of benzene rings is 1. The molecular weight excluding hydrogens is 218 g/mol. The Morgan fingerprint density at radius 2 is 2.12 bits per heavy atom. The van der Waals surface area contributed by atoms with E-state index in [0.29, 0.717) is 19.6 Å². The molecule has 17 heavy (non-hydrogen) atoms. The second-order valence-electron chi connectivity index (χ2n) is 4.00. The summed E-state index contributed by atoms with van der Waals surface area (Å²) in [5.74, 6) is 0.805. The number of aliphatic hydroxyl groups is 1. The van der Waals surface area contributed by atoms with Gasteiger partial charge in [-0.05, 0) is 18.1 Å². The highest BCUT2D eigenvalue weighted by molar-refractivity contribution is 5.75. The van der Waals surface area contributed by atoms with Gasteiger partial charge in [0.2, 0.25) is 5.91 Å². The molecule has 1 aromatic carbocycles. The molecule has 4 heteroatoms. The zero-order valence-corrected chi connectivity index (χ0v) is 10.1. The van der Waals surface area contributed by atoms with Crippen LogP contribution < -0.4 is 10.1 Å². The average molecular weight is 237 g/mol. The maximum atomic E-state index is 11.4. The first-order valence-corrected chi connectivity index (χ1v) is 5.77. The van der Waals surface area contributed by atoms with E-state index in [0.717, 1.165) is 5.75 Å². The Labute approximate surface area is 102 Å². The Balaban J connectivity index is 2.12. The van der Waals surface area contributed by atoms with Crippen LogP contribution in [0.1, 0.15) is 13.3 Å². The van der Waals surface area contributed by atoms with Crippen LogP contribution in [-0.2, 0) is 4.79 Å². The third-order valence-electron chi connectivity index (χ3n) is 2.30. The molecule has 0 radical (unpaired) electrons. The molecule has 1 atom stereocenters. The summed E-state index contributed by atoms with van der Waals surface area (Å²) in [6.45, 7) is 2.82. The third kappa shape index (κ3) is 5.92. The summed E-state index contributed by atoms with van der Waals surface area (Å²) in [5, 5.41) is 11.5. The molecule has 0 aromatic heterocycles. The third-order valence-corrected chi connectivity index (χ3v) is 2.30. The van der Waals surface area contributed by atoms with Crippen molar-refractivity contribution in [3.8, 4) is 5.75 Å². The van der Waals surface area contributed by atoms with Gasteiger partial charge >= 0.3 is 0 Å². The van der Waals surface area contributed by atoms with Crippen LogP contribution in [0.4, 0.5) is 0 Å². The number of rotatable bonds is 7. The minimum atomic E-state index is -0.0544. The minimum Gasteiger partial charge on any atom is -0.493 e. The Kier molecular flexibility index (Phi) is 6.10. The number of nitrogens with one attached hydrogen (secondary N) is 1. The molecule has 2 N–H and O–H groups in total. The van der Waals surface area contributed by atoms with E-state index in [2.05, 4.69) is 5.32 Å². The Morgan fingerprint density at radius 3 is 2.76 bits per heavy atom. The van der Waals surface area contributed by atoms with Gasteiger partial charge in [0.1, 0.15) is 5.75 Å². The van der Waals surface area contributed by atoms with E-state index in [1.54, 1.807) is 0 Å². The predicted octanol–water partition coefficient (Wildman–Crippen LogP) is 1.20. The lowest BCUT2D eigenvalue weighted by atomic mass is 10.2. The van der Waals surface area contributed by atoms with Gasteiger partial charge in [-0.25, -0.2) is 0 Å². The fraction of sp³-hybridized carbons (Fsp3) is 0.462. The van der Waals surface area contributed by atoms with Gasteiger partial charge in [0.15, 0.2) is 0 Å². The number of carbonyl (C=O) groups is 1. The Bertz CT molecular complexity index is 327. The molecule has 1 rings (SSSR count). The fourth-order valence-electron chi connectivity index (χ4n) is 1.22. The SMILES string of the molecule is CC(CO)CNC(=O)CCOc1ccccc1. The predicted molar refractivity (Wildman–Crippen MR) is 65.8 cm³/mol. The van der Waals surface area contributed by atoms with E-state index < -0.39 is 0 Å². The standard InChI is InChI=1S/C13H19NO3/c1-11(10-15)9-14-13(16)7-8-17-12-5-3-2-4-6-12/h2-6,11,15H,7-10H2,1H3,(H,14,16). The fourth-order valence-corrected chi connectivity index (χ4v) is 1.22. The van der Waals surface area contributed by atoms with Gasteiger partial charge in [-0.15, -0.1) is 0 Å². The summed E-state index contributed by atoms with van der Waals surface area (Å²) in [4.78, 5) is 11.4. The smallest absolute Gasteiger partial charge is 0.223 e. The minimum absolute atomic E-state index is 0.0544. The van der Waals surface area contributed by atoms with Gasteiger partial charge in [0, 0.05) is 13.2 Å². The molecule has 0 fully saturated rings. The molecular formula is C13H19NO3. The molecule has 94 valence electrons. The molecule has 1 aromatic rings. The van der Waals surface area contributed by atoms with E-state index in [4.69, 9.17) is 9.84 Å². The van der Waals surface area contributed by atoms with Crippen LogP contribution in [0.15, 0.2) is 30.3 Å². The van der Waals surface area contributed by atoms with E-state index in [9.17, 15) is 4.79 Å². The molecule has 0 aliphatic rings. The lowest BCUT2D eigenvalue weighted by Gasteiger charge is -2.10. The molecule has 4 nitrogen and oxygen atoms in total. The lowest BCUT2D eigenvalue weighted by Crippen LogP contribution is -2.30. The molecule has 1 amide bonds. The summed E-state index contributed by atoms with van der Waals surface area (Å²) in [6, 6.07) is 9.39. The normalized spacial score (nSPS) is 11.9. The highest BCUT2D eigenvalue weighted by Crippen LogP contribution is 2.08. The van der Waals surface area contributed by atoms with Crippen LogP contribution in [0.5, 0.6) is 5.75 Å². The number of carbonyl (C=O) groups excluding carboxylic acids is 1. The van der Waals surface area contributed by atoms with Crippen molar-refractivity contribution >= 4 is 5.91 Å². The van der Waals surface area contributed by atoms with E-state index in [1.165, 1.54) is 0 Å². The van der Waals surface area contributed by atoms with Gasteiger partial charge < -0.3 is 15.2 Å². The number of amides is 1. The maximum Gasteiger partial charge on any atom is 0.223 e. The topological polar surface area (TPSA) is 58.6 Å². The number of hydrogen-bond acceptors (Lipinski definition) is 3. The van der Waals surface area contributed by atoms with Gasteiger partial charge in [-0.1, -0.05) is 25.1 Å². The zero-order valence-electron chi connectivity index (χ0n) is 10.1. The molecule has 0 saturated heterocycles. The molecule has 0 bridgehead atoms. The zero-order chi connectivity index (χ0) is 12.5. The van der Waals surface area contributed by atoms with Gasteiger partial charge in [-0.3, -0.25) is 4.79 Å². The molecule has 0 aliphatic carbocycles. The van der Waals surface area contributed by atoms with Gasteiger partial charge in [0.25, 0.3) is 0 Å². The summed E-state index contributed by atoms with van der Waals surface area (Å²) in [7, 11) is 0. The Morgan fingerprint density at radius 1 is 1.41 bits per heavy atom. The quantitative estimate of drug-likeness (QED) is 0.749.